The first kappa shape index (κ1) is 9.27. The lowest BCUT2D eigenvalue weighted by Gasteiger charge is -1.99. The van der Waals surface area contributed by atoms with E-state index in [-0.39, 0.29) is 0 Å². The lowest BCUT2D eigenvalue weighted by atomic mass is 10.1. The Morgan fingerprint density at radius 2 is 2.17 bits per heavy atom. The predicted octanol–water partition coefficient (Wildman–Crippen LogP) is 2.43. The molecule has 0 spiro atoms. The fourth-order valence-corrected chi connectivity index (χ4v) is 1.23. The molecule has 1 heteroatoms. The molecule has 1 nitrogen and oxygen atoms in total. The van der Waals surface area contributed by atoms with Crippen LogP contribution in [0.3, 0.4) is 0 Å². The Morgan fingerprint density at radius 1 is 1.33 bits per heavy atom. The Bertz CT molecular complexity index is 221. The monoisotopic (exact) mass is 163 g/mol. The SMILES string of the molecule is CNCCC1=CCC=C(C)C=C1. The van der Waals surface area contributed by atoms with Gasteiger partial charge in [0.2, 0.25) is 0 Å². The van der Waals surface area contributed by atoms with E-state index in [4.69, 9.17) is 0 Å². The summed E-state index contributed by atoms with van der Waals surface area (Å²) in [4.78, 5) is 0. The zero-order valence-electron chi connectivity index (χ0n) is 7.93. The molecule has 0 aliphatic heterocycles. The minimum absolute atomic E-state index is 1.06. The predicted molar refractivity (Wildman–Crippen MR) is 54.1 cm³/mol. The highest BCUT2D eigenvalue weighted by molar-refractivity contribution is 5.31. The topological polar surface area (TPSA) is 12.0 Å². The molecule has 1 rings (SSSR count). The van der Waals surface area contributed by atoms with Gasteiger partial charge < -0.3 is 5.32 Å². The normalized spacial score (nSPS) is 16.8. The van der Waals surface area contributed by atoms with Crippen molar-refractivity contribution in [1.82, 2.24) is 5.32 Å². The molecule has 1 N–H and O–H groups in total. The van der Waals surface area contributed by atoms with E-state index < -0.39 is 0 Å². The van der Waals surface area contributed by atoms with Crippen molar-refractivity contribution >= 4 is 0 Å². The van der Waals surface area contributed by atoms with Crippen molar-refractivity contribution in [2.75, 3.05) is 13.6 Å². The van der Waals surface area contributed by atoms with Gasteiger partial charge in [0.1, 0.15) is 0 Å². The summed E-state index contributed by atoms with van der Waals surface area (Å²) >= 11 is 0. The van der Waals surface area contributed by atoms with Crippen LogP contribution in [-0.2, 0) is 0 Å². The summed E-state index contributed by atoms with van der Waals surface area (Å²) in [6.45, 7) is 3.21. The fraction of sp³-hybridized carbons (Fsp3) is 0.455. The third-order valence-electron chi connectivity index (χ3n) is 2.04. The molecule has 0 unspecified atom stereocenters. The Labute approximate surface area is 74.9 Å². The van der Waals surface area contributed by atoms with E-state index in [0.717, 1.165) is 19.4 Å². The number of allylic oxidation sites excluding steroid dienone is 5. The maximum atomic E-state index is 3.15. The van der Waals surface area contributed by atoms with E-state index in [1.807, 2.05) is 7.05 Å². The first-order valence-electron chi connectivity index (χ1n) is 4.51. The first-order valence-corrected chi connectivity index (χ1v) is 4.51. The molecule has 1 aliphatic carbocycles. The molecule has 66 valence electrons. The zero-order valence-corrected chi connectivity index (χ0v) is 7.93. The van der Waals surface area contributed by atoms with Crippen LogP contribution in [0, 0.1) is 0 Å². The Balaban J connectivity index is 2.46. The standard InChI is InChI=1S/C11H17N/c1-10-4-3-5-11(7-6-10)8-9-12-2/h4-7,12H,3,8-9H2,1-2H3. The highest BCUT2D eigenvalue weighted by atomic mass is 14.8. The molecule has 0 aromatic heterocycles. The molecule has 0 heterocycles. The lowest BCUT2D eigenvalue weighted by molar-refractivity contribution is 0.792. The molecular weight excluding hydrogens is 146 g/mol. The van der Waals surface area contributed by atoms with Gasteiger partial charge in [-0.15, -0.1) is 0 Å². The number of rotatable bonds is 3. The number of hydrogen-bond acceptors (Lipinski definition) is 1. The van der Waals surface area contributed by atoms with E-state index in [0.29, 0.717) is 0 Å². The number of nitrogens with one attached hydrogen (secondary N) is 1. The smallest absolute Gasteiger partial charge is 0.00115 e. The van der Waals surface area contributed by atoms with Crippen molar-refractivity contribution in [3.8, 4) is 0 Å². The molecule has 0 atom stereocenters. The molecule has 12 heavy (non-hydrogen) atoms. The van der Waals surface area contributed by atoms with Crippen molar-refractivity contribution < 1.29 is 0 Å². The van der Waals surface area contributed by atoms with E-state index in [1.165, 1.54) is 11.1 Å². The summed E-state index contributed by atoms with van der Waals surface area (Å²) in [5.41, 5.74) is 2.81. The largest absolute Gasteiger partial charge is 0.319 e. The molecular formula is C11H17N. The van der Waals surface area contributed by atoms with Crippen LogP contribution in [0.1, 0.15) is 19.8 Å². The average molecular weight is 163 g/mol. The van der Waals surface area contributed by atoms with Gasteiger partial charge in [-0.3, -0.25) is 0 Å². The molecule has 0 fully saturated rings. The molecule has 0 saturated heterocycles. The quantitative estimate of drug-likeness (QED) is 0.673. The summed E-state index contributed by atoms with van der Waals surface area (Å²) in [6, 6.07) is 0. The van der Waals surface area contributed by atoms with Gasteiger partial charge >= 0.3 is 0 Å². The van der Waals surface area contributed by atoms with Crippen LogP contribution in [0.25, 0.3) is 0 Å². The van der Waals surface area contributed by atoms with E-state index in [2.05, 4.69) is 36.5 Å². The van der Waals surface area contributed by atoms with Gasteiger partial charge in [-0.1, -0.05) is 35.5 Å². The van der Waals surface area contributed by atoms with Crippen LogP contribution in [-0.4, -0.2) is 13.6 Å². The molecule has 0 amide bonds. The maximum Gasteiger partial charge on any atom is -0.00115 e. The molecule has 0 aromatic rings. The van der Waals surface area contributed by atoms with Crippen molar-refractivity contribution in [3.05, 3.63) is 35.5 Å². The lowest BCUT2D eigenvalue weighted by Crippen LogP contribution is -2.07. The van der Waals surface area contributed by atoms with Gasteiger partial charge in [0, 0.05) is 0 Å². The van der Waals surface area contributed by atoms with E-state index in [1.54, 1.807) is 0 Å². The molecule has 1 aliphatic rings. The van der Waals surface area contributed by atoms with Crippen molar-refractivity contribution in [2.24, 2.45) is 0 Å². The average Bonchev–Trinajstić information content (AvgIpc) is 2.27. The van der Waals surface area contributed by atoms with Crippen molar-refractivity contribution in [1.29, 1.82) is 0 Å². The van der Waals surface area contributed by atoms with Gasteiger partial charge in [-0.25, -0.2) is 0 Å². The maximum absolute atomic E-state index is 3.15. The van der Waals surface area contributed by atoms with Gasteiger partial charge in [-0.2, -0.15) is 0 Å². The van der Waals surface area contributed by atoms with Gasteiger partial charge in [0.05, 0.1) is 0 Å². The van der Waals surface area contributed by atoms with E-state index >= 15 is 0 Å². The second-order valence-corrected chi connectivity index (χ2v) is 3.15. The van der Waals surface area contributed by atoms with E-state index in [9.17, 15) is 0 Å². The van der Waals surface area contributed by atoms with Crippen LogP contribution >= 0.6 is 0 Å². The van der Waals surface area contributed by atoms with Crippen molar-refractivity contribution in [3.63, 3.8) is 0 Å². The Hall–Kier alpha value is -0.820. The summed E-state index contributed by atoms with van der Waals surface area (Å²) in [5, 5.41) is 3.15. The van der Waals surface area contributed by atoms with Gasteiger partial charge in [0.25, 0.3) is 0 Å². The van der Waals surface area contributed by atoms with Crippen LogP contribution in [0.15, 0.2) is 35.5 Å². The van der Waals surface area contributed by atoms with Gasteiger partial charge in [-0.05, 0) is 33.4 Å². The third-order valence-corrected chi connectivity index (χ3v) is 2.04. The zero-order chi connectivity index (χ0) is 8.81. The summed E-state index contributed by atoms with van der Waals surface area (Å²) < 4.78 is 0. The van der Waals surface area contributed by atoms with Crippen LogP contribution < -0.4 is 5.32 Å². The summed E-state index contributed by atoms with van der Waals surface area (Å²) in [5.74, 6) is 0. The highest BCUT2D eigenvalue weighted by Gasteiger charge is 1.94. The highest BCUT2D eigenvalue weighted by Crippen LogP contribution is 2.11. The molecule has 0 bridgehead atoms. The van der Waals surface area contributed by atoms with Crippen molar-refractivity contribution in [2.45, 2.75) is 19.8 Å². The molecule has 0 aromatic carbocycles. The second kappa shape index (κ2) is 4.94. The Kier molecular flexibility index (Phi) is 3.81. The Morgan fingerprint density at radius 3 is 2.92 bits per heavy atom. The first-order chi connectivity index (χ1) is 5.83. The summed E-state index contributed by atoms with van der Waals surface area (Å²) in [7, 11) is 1.99. The fourth-order valence-electron chi connectivity index (χ4n) is 1.23. The number of hydrogen-bond donors (Lipinski definition) is 1. The molecule has 0 saturated carbocycles. The minimum Gasteiger partial charge on any atom is -0.319 e. The van der Waals surface area contributed by atoms with Crippen LogP contribution in [0.5, 0.6) is 0 Å². The second-order valence-electron chi connectivity index (χ2n) is 3.15. The van der Waals surface area contributed by atoms with Gasteiger partial charge in [0.15, 0.2) is 0 Å². The van der Waals surface area contributed by atoms with Crippen LogP contribution in [0.4, 0.5) is 0 Å². The summed E-state index contributed by atoms with van der Waals surface area (Å²) in [6.07, 6.45) is 11.2. The minimum atomic E-state index is 1.06. The molecule has 0 radical (unpaired) electrons. The van der Waals surface area contributed by atoms with Crippen LogP contribution in [0.2, 0.25) is 0 Å². The third kappa shape index (κ3) is 3.05.